The zero-order valence-electron chi connectivity index (χ0n) is 17.3. The van der Waals surface area contributed by atoms with Crippen LogP contribution in [0, 0.1) is 10.1 Å². The Kier molecular flexibility index (Phi) is 6.36. The number of carbonyl (C=O) groups excluding carboxylic acids is 2. The number of imidazole rings is 1. The second-order valence-corrected chi connectivity index (χ2v) is 8.40. The van der Waals surface area contributed by atoms with Crippen molar-refractivity contribution >= 4 is 39.1 Å². The van der Waals surface area contributed by atoms with Crippen LogP contribution in [-0.4, -0.2) is 43.1 Å². The van der Waals surface area contributed by atoms with E-state index in [4.69, 9.17) is 0 Å². The normalized spacial score (nSPS) is 17.5. The molecule has 2 N–H and O–H groups in total. The van der Waals surface area contributed by atoms with Gasteiger partial charge < -0.3 is 15.0 Å². The van der Waals surface area contributed by atoms with Crippen LogP contribution in [0.5, 0.6) is 0 Å². The number of nitro groups is 1. The van der Waals surface area contributed by atoms with Crippen molar-refractivity contribution in [2.45, 2.75) is 18.9 Å². The summed E-state index contributed by atoms with van der Waals surface area (Å²) in [7, 11) is 0. The number of rotatable bonds is 7. The molecule has 4 rings (SSSR count). The molecule has 1 aliphatic heterocycles. The number of aliphatic hydroxyl groups is 1. The van der Waals surface area contributed by atoms with Crippen LogP contribution in [0.3, 0.4) is 0 Å². The highest BCUT2D eigenvalue weighted by molar-refractivity contribution is 9.10. The molecule has 3 aromatic rings. The number of aryl methyl sites for hydroxylation is 1. The van der Waals surface area contributed by atoms with Gasteiger partial charge in [0.05, 0.1) is 16.5 Å². The molecule has 1 unspecified atom stereocenters. The summed E-state index contributed by atoms with van der Waals surface area (Å²) in [5.74, 6) is -1.09. The zero-order valence-corrected chi connectivity index (χ0v) is 18.9. The maximum atomic E-state index is 13.0. The minimum Gasteiger partial charge on any atom is -0.507 e. The standard InChI is InChI=1S/C23H19BrN4O5/c24-16-7-3-14(4-8-16)20-19(21(29)15-5-9-17(10-6-15)28(32)33)22(30)23(31)27(20)13-1-2-18-25-11-12-26-18/h3-12,20,29H,1-2,13H2,(H,25,26)/b21-19+. The quantitative estimate of drug-likeness (QED) is 0.161. The molecule has 33 heavy (non-hydrogen) atoms. The number of nitrogens with one attached hydrogen (secondary N) is 1. The molecular formula is C23H19BrN4O5. The lowest BCUT2D eigenvalue weighted by Crippen LogP contribution is -2.31. The van der Waals surface area contributed by atoms with E-state index >= 15 is 0 Å². The molecule has 10 heteroatoms. The van der Waals surface area contributed by atoms with Crippen molar-refractivity contribution in [1.82, 2.24) is 14.9 Å². The van der Waals surface area contributed by atoms with Gasteiger partial charge in [-0.25, -0.2) is 4.98 Å². The molecule has 9 nitrogen and oxygen atoms in total. The Morgan fingerprint density at radius 1 is 1.15 bits per heavy atom. The van der Waals surface area contributed by atoms with E-state index in [1.165, 1.54) is 29.2 Å². The maximum Gasteiger partial charge on any atom is 0.295 e. The Morgan fingerprint density at radius 3 is 2.45 bits per heavy atom. The summed E-state index contributed by atoms with van der Waals surface area (Å²) in [4.78, 5) is 45.0. The van der Waals surface area contributed by atoms with Gasteiger partial charge in [-0.3, -0.25) is 19.7 Å². The van der Waals surface area contributed by atoms with E-state index in [0.29, 0.717) is 18.4 Å². The fraction of sp³-hybridized carbons (Fsp3) is 0.174. The summed E-state index contributed by atoms with van der Waals surface area (Å²) in [5.41, 5.74) is 0.693. The van der Waals surface area contributed by atoms with E-state index in [9.17, 15) is 24.8 Å². The van der Waals surface area contributed by atoms with E-state index < -0.39 is 22.7 Å². The molecule has 0 spiro atoms. The first-order valence-corrected chi connectivity index (χ1v) is 10.9. The molecule has 0 radical (unpaired) electrons. The first-order valence-electron chi connectivity index (χ1n) is 10.1. The molecule has 1 aliphatic rings. The number of hydrogen-bond acceptors (Lipinski definition) is 6. The van der Waals surface area contributed by atoms with Crippen LogP contribution in [-0.2, 0) is 16.0 Å². The van der Waals surface area contributed by atoms with Crippen molar-refractivity contribution in [2.75, 3.05) is 6.54 Å². The molecule has 0 saturated carbocycles. The predicted octanol–water partition coefficient (Wildman–Crippen LogP) is 4.13. The predicted molar refractivity (Wildman–Crippen MR) is 123 cm³/mol. The highest BCUT2D eigenvalue weighted by Gasteiger charge is 2.45. The highest BCUT2D eigenvalue weighted by Crippen LogP contribution is 2.40. The summed E-state index contributed by atoms with van der Waals surface area (Å²) in [6.45, 7) is 0.281. The van der Waals surface area contributed by atoms with Gasteiger partial charge in [0.25, 0.3) is 17.4 Å². The van der Waals surface area contributed by atoms with E-state index in [2.05, 4.69) is 25.9 Å². The van der Waals surface area contributed by atoms with E-state index in [1.54, 1.807) is 36.7 Å². The van der Waals surface area contributed by atoms with E-state index in [0.717, 1.165) is 10.3 Å². The van der Waals surface area contributed by atoms with Crippen molar-refractivity contribution in [1.29, 1.82) is 0 Å². The van der Waals surface area contributed by atoms with Gasteiger partial charge in [0, 0.05) is 47.5 Å². The number of aromatic nitrogens is 2. The number of benzene rings is 2. The molecule has 1 atom stereocenters. The summed E-state index contributed by atoms with van der Waals surface area (Å²) >= 11 is 3.38. The number of halogens is 1. The third kappa shape index (κ3) is 4.56. The van der Waals surface area contributed by atoms with E-state index in [-0.39, 0.29) is 29.1 Å². The number of nitro benzene ring substituents is 1. The second-order valence-electron chi connectivity index (χ2n) is 7.49. The summed E-state index contributed by atoms with van der Waals surface area (Å²) in [5, 5.41) is 21.9. The molecule has 168 valence electrons. The van der Waals surface area contributed by atoms with Crippen LogP contribution in [0.15, 0.2) is 71.0 Å². The Labute approximate surface area is 197 Å². The lowest BCUT2D eigenvalue weighted by Gasteiger charge is -2.25. The molecule has 0 aliphatic carbocycles. The average molecular weight is 511 g/mol. The first-order chi connectivity index (χ1) is 15.9. The van der Waals surface area contributed by atoms with Gasteiger partial charge >= 0.3 is 0 Å². The largest absolute Gasteiger partial charge is 0.507 e. The number of Topliss-reactive ketones (excluding diaryl/α,β-unsaturated/α-hetero) is 1. The Bertz CT molecular complexity index is 1220. The molecule has 1 amide bonds. The van der Waals surface area contributed by atoms with E-state index in [1.807, 2.05) is 0 Å². The molecule has 2 heterocycles. The van der Waals surface area contributed by atoms with Crippen molar-refractivity contribution in [3.63, 3.8) is 0 Å². The zero-order chi connectivity index (χ0) is 23.5. The maximum absolute atomic E-state index is 13.0. The van der Waals surface area contributed by atoms with Crippen LogP contribution in [0.1, 0.15) is 29.4 Å². The third-order valence-electron chi connectivity index (χ3n) is 5.44. The number of aromatic amines is 1. The number of amides is 1. The van der Waals surface area contributed by atoms with Crippen LogP contribution in [0.4, 0.5) is 5.69 Å². The fourth-order valence-corrected chi connectivity index (χ4v) is 4.11. The fourth-order valence-electron chi connectivity index (χ4n) is 3.85. The summed E-state index contributed by atoms with van der Waals surface area (Å²) in [6, 6.07) is 11.6. The highest BCUT2D eigenvalue weighted by atomic mass is 79.9. The van der Waals surface area contributed by atoms with Gasteiger partial charge in [-0.05, 0) is 36.2 Å². The summed E-state index contributed by atoms with van der Waals surface area (Å²) < 4.78 is 0.830. The van der Waals surface area contributed by atoms with Gasteiger partial charge in [-0.15, -0.1) is 0 Å². The van der Waals surface area contributed by atoms with Crippen LogP contribution < -0.4 is 0 Å². The molecule has 2 aromatic carbocycles. The Balaban J connectivity index is 1.72. The van der Waals surface area contributed by atoms with Crippen LogP contribution >= 0.6 is 15.9 Å². The molecule has 1 fully saturated rings. The lowest BCUT2D eigenvalue weighted by atomic mass is 9.95. The lowest BCUT2D eigenvalue weighted by molar-refractivity contribution is -0.384. The van der Waals surface area contributed by atoms with Gasteiger partial charge in [0.15, 0.2) is 0 Å². The minimum absolute atomic E-state index is 0.0471. The van der Waals surface area contributed by atoms with Crippen molar-refractivity contribution in [3.05, 3.63) is 98.0 Å². The molecule has 1 saturated heterocycles. The number of H-pyrrole nitrogens is 1. The topological polar surface area (TPSA) is 129 Å². The average Bonchev–Trinajstić information content (AvgIpc) is 3.41. The van der Waals surface area contributed by atoms with Crippen molar-refractivity contribution < 1.29 is 19.6 Å². The summed E-state index contributed by atoms with van der Waals surface area (Å²) in [6.07, 6.45) is 4.51. The number of carbonyl (C=O) groups is 2. The monoisotopic (exact) mass is 510 g/mol. The van der Waals surface area contributed by atoms with Crippen molar-refractivity contribution in [3.8, 4) is 0 Å². The van der Waals surface area contributed by atoms with Crippen molar-refractivity contribution in [2.24, 2.45) is 0 Å². The number of ketones is 1. The minimum atomic E-state index is -0.795. The SMILES string of the molecule is O=C1C(=O)N(CCCc2ncc[nH]2)C(c2ccc(Br)cc2)/C1=C(\O)c1ccc([N+](=O)[O-])cc1. The third-order valence-corrected chi connectivity index (χ3v) is 5.97. The van der Waals surface area contributed by atoms with Gasteiger partial charge in [0.1, 0.15) is 11.6 Å². The van der Waals surface area contributed by atoms with Crippen LogP contribution in [0.25, 0.3) is 5.76 Å². The molecule has 1 aromatic heterocycles. The number of likely N-dealkylation sites (tertiary alicyclic amines) is 1. The molecule has 0 bridgehead atoms. The van der Waals surface area contributed by atoms with Crippen LogP contribution in [0.2, 0.25) is 0 Å². The molecular weight excluding hydrogens is 492 g/mol. The number of non-ortho nitro benzene ring substituents is 1. The smallest absolute Gasteiger partial charge is 0.295 e. The van der Waals surface area contributed by atoms with Gasteiger partial charge in [-0.1, -0.05) is 28.1 Å². The number of aliphatic hydroxyl groups excluding tert-OH is 1. The number of hydrogen-bond donors (Lipinski definition) is 2. The number of nitrogens with zero attached hydrogens (tertiary/aromatic N) is 3. The first kappa shape index (κ1) is 22.4. The second kappa shape index (κ2) is 9.37. The Morgan fingerprint density at radius 2 is 1.85 bits per heavy atom. The van der Waals surface area contributed by atoms with Gasteiger partial charge in [-0.2, -0.15) is 0 Å². The Hall–Kier alpha value is -3.79. The van der Waals surface area contributed by atoms with Gasteiger partial charge in [0.2, 0.25) is 0 Å².